The number of rotatable bonds is 7. The van der Waals surface area contributed by atoms with E-state index in [1.165, 1.54) is 5.32 Å². The van der Waals surface area contributed by atoms with Gasteiger partial charge in [0.1, 0.15) is 24.3 Å². The molecule has 2 aromatic carbocycles. The van der Waals surface area contributed by atoms with Gasteiger partial charge in [-0.1, -0.05) is 40.9 Å². The largest absolute Gasteiger partial charge is 0.417 e. The van der Waals surface area contributed by atoms with Crippen molar-refractivity contribution in [3.63, 3.8) is 0 Å². The lowest BCUT2D eigenvalue weighted by atomic mass is 9.95. The number of carbonyl (C=O) groups excluding carboxylic acids is 2. The molecule has 2 aromatic rings. The van der Waals surface area contributed by atoms with Crippen molar-refractivity contribution in [2.24, 2.45) is 0 Å². The molecule has 17 heteroatoms. The van der Waals surface area contributed by atoms with E-state index in [9.17, 15) is 53.5 Å². The Hall–Kier alpha value is -2.71. The maximum Gasteiger partial charge on any atom is 0.417 e. The van der Waals surface area contributed by atoms with Crippen molar-refractivity contribution >= 4 is 52.4 Å². The Morgan fingerprint density at radius 2 is 1.48 bits per heavy atom. The normalized spacial score (nSPS) is 14.5. The Labute approximate surface area is 234 Å². The van der Waals surface area contributed by atoms with Gasteiger partial charge in [-0.2, -0.15) is 39.5 Å². The van der Waals surface area contributed by atoms with Gasteiger partial charge in [-0.05, 0) is 42.8 Å². The van der Waals surface area contributed by atoms with E-state index in [1.807, 2.05) is 0 Å². The summed E-state index contributed by atoms with van der Waals surface area (Å²) in [6.07, 6.45) is -15.3. The Balaban J connectivity index is 2.45. The van der Waals surface area contributed by atoms with Crippen LogP contribution in [0.15, 0.2) is 36.4 Å². The van der Waals surface area contributed by atoms with Gasteiger partial charge < -0.3 is 10.6 Å². The van der Waals surface area contributed by atoms with Crippen molar-refractivity contribution in [3.8, 4) is 0 Å². The molecule has 1 unspecified atom stereocenters. The number of halogens is 13. The van der Waals surface area contributed by atoms with Crippen LogP contribution < -0.4 is 10.6 Å². The molecule has 0 aliphatic carbocycles. The lowest BCUT2D eigenvalue weighted by Crippen LogP contribution is -2.47. The minimum atomic E-state index is -5.34. The van der Waals surface area contributed by atoms with Crippen LogP contribution in [0, 0.1) is 0 Å². The number of carbonyl (C=O) groups is 2. The summed E-state index contributed by atoms with van der Waals surface area (Å²) in [5, 5.41) is 2.12. The average Bonchev–Trinajstić information content (AvgIpc) is 2.81. The van der Waals surface area contributed by atoms with Gasteiger partial charge in [-0.25, -0.2) is 4.39 Å². The van der Waals surface area contributed by atoms with E-state index in [4.69, 9.17) is 34.8 Å². The summed E-state index contributed by atoms with van der Waals surface area (Å²) in [6, 6.07) is 0.832. The molecule has 0 aliphatic heterocycles. The second-order valence-corrected chi connectivity index (χ2v) is 9.31. The fourth-order valence-corrected chi connectivity index (χ4v) is 3.80. The van der Waals surface area contributed by atoms with E-state index in [0.717, 1.165) is 19.1 Å². The predicted octanol–water partition coefficient (Wildman–Crippen LogP) is 8.12. The fraction of sp³-hybridized carbons (Fsp3) is 0.304. The molecule has 0 spiro atoms. The van der Waals surface area contributed by atoms with Crippen LogP contribution in [0.5, 0.6) is 0 Å². The fourth-order valence-electron chi connectivity index (χ4n) is 3.18. The van der Waals surface area contributed by atoms with E-state index < -0.39 is 87.0 Å². The van der Waals surface area contributed by atoms with Gasteiger partial charge in [0.05, 0.1) is 26.2 Å². The summed E-state index contributed by atoms with van der Waals surface area (Å²) in [6.45, 7) is -0.881. The minimum absolute atomic E-state index is 0.0296. The summed E-state index contributed by atoms with van der Waals surface area (Å²) < 4.78 is 134. The summed E-state index contributed by atoms with van der Waals surface area (Å²) in [4.78, 5) is 24.1. The first-order valence-electron chi connectivity index (χ1n) is 10.6. The highest BCUT2D eigenvalue weighted by atomic mass is 35.5. The molecule has 2 amide bonds. The molecule has 2 atom stereocenters. The van der Waals surface area contributed by atoms with Crippen LogP contribution >= 0.6 is 34.8 Å². The molecule has 0 saturated carbocycles. The van der Waals surface area contributed by atoms with Crippen molar-refractivity contribution in [1.29, 1.82) is 0 Å². The molecule has 0 radical (unpaired) electrons. The second-order valence-electron chi connectivity index (χ2n) is 8.12. The number of benzene rings is 2. The molecule has 0 heterocycles. The first-order valence-corrected chi connectivity index (χ1v) is 11.7. The molecule has 0 fully saturated rings. The Morgan fingerprint density at radius 1 is 0.925 bits per heavy atom. The standard InChI is InChI=1S/C23H15Cl3F10N2O2/c1-9(19(39)37-8-21(28,29)30)38-20(40)12-3-2-10(4-14(12)23(34,35)36)17(27)7-13(22(31,32)33)11-5-15(24)18(26)16(25)6-11/h2-7,9,13H,8H2,1H3,(H,37,39)(H,38,40)/b17-7+/t9-,13?/m1/s1. The Bertz CT molecular complexity index is 1280. The van der Waals surface area contributed by atoms with Gasteiger partial charge >= 0.3 is 18.5 Å². The van der Waals surface area contributed by atoms with Crippen LogP contribution in [0.4, 0.5) is 43.9 Å². The number of hydrogen-bond donors (Lipinski definition) is 2. The number of hydrogen-bond acceptors (Lipinski definition) is 2. The number of nitrogens with one attached hydrogen (secondary N) is 2. The van der Waals surface area contributed by atoms with Gasteiger partial charge in [-0.15, -0.1) is 0 Å². The second kappa shape index (κ2) is 12.4. The zero-order chi connectivity index (χ0) is 30.8. The first-order chi connectivity index (χ1) is 18.1. The van der Waals surface area contributed by atoms with Gasteiger partial charge in [0.15, 0.2) is 0 Å². The summed E-state index contributed by atoms with van der Waals surface area (Å²) >= 11 is 17.2. The van der Waals surface area contributed by atoms with Crippen LogP contribution in [0.25, 0.3) is 5.83 Å². The van der Waals surface area contributed by atoms with E-state index in [1.54, 1.807) is 5.32 Å². The van der Waals surface area contributed by atoms with Crippen LogP contribution in [-0.4, -0.2) is 36.8 Å². The third-order valence-electron chi connectivity index (χ3n) is 5.08. The summed E-state index contributed by atoms with van der Waals surface area (Å²) in [5.74, 6) is -7.43. The highest BCUT2D eigenvalue weighted by Gasteiger charge is 2.41. The number of allylic oxidation sites excluding steroid dienone is 1. The predicted molar refractivity (Wildman–Crippen MR) is 127 cm³/mol. The maximum absolute atomic E-state index is 14.9. The molecule has 0 aromatic heterocycles. The van der Waals surface area contributed by atoms with Crippen molar-refractivity contribution in [3.05, 3.63) is 73.7 Å². The SMILES string of the molecule is C[C@@H](NC(=O)c1ccc(/C(F)=C\C(c2cc(Cl)c(Cl)c(Cl)c2)C(F)(F)F)cc1C(F)(F)F)C(=O)NCC(F)(F)F. The molecule has 0 bridgehead atoms. The van der Waals surface area contributed by atoms with Crippen molar-refractivity contribution in [1.82, 2.24) is 10.6 Å². The average molecular weight is 648 g/mol. The van der Waals surface area contributed by atoms with Crippen LogP contribution in [0.3, 0.4) is 0 Å². The molecular weight excluding hydrogens is 633 g/mol. The topological polar surface area (TPSA) is 58.2 Å². The third kappa shape index (κ3) is 8.90. The smallest absolute Gasteiger partial charge is 0.345 e. The van der Waals surface area contributed by atoms with Crippen molar-refractivity contribution in [2.75, 3.05) is 6.54 Å². The lowest BCUT2D eigenvalue weighted by Gasteiger charge is -2.20. The molecule has 0 aliphatic rings. The zero-order valence-corrected chi connectivity index (χ0v) is 21.8. The van der Waals surface area contributed by atoms with Gasteiger partial charge in [0.25, 0.3) is 5.91 Å². The molecule has 4 nitrogen and oxygen atoms in total. The first kappa shape index (κ1) is 33.5. The van der Waals surface area contributed by atoms with Crippen molar-refractivity contribution < 1.29 is 53.5 Å². The summed E-state index contributed by atoms with van der Waals surface area (Å²) in [7, 11) is 0. The molecule has 2 N–H and O–H groups in total. The maximum atomic E-state index is 14.9. The van der Waals surface area contributed by atoms with E-state index in [0.29, 0.717) is 12.1 Å². The lowest BCUT2D eigenvalue weighted by molar-refractivity contribution is -0.140. The molecule has 40 heavy (non-hydrogen) atoms. The molecule has 0 saturated heterocycles. The Kier molecular flexibility index (Phi) is 10.4. The van der Waals surface area contributed by atoms with Gasteiger partial charge in [0, 0.05) is 5.56 Å². The van der Waals surface area contributed by atoms with Crippen molar-refractivity contribution in [2.45, 2.75) is 37.4 Å². The number of amides is 2. The van der Waals surface area contributed by atoms with Crippen LogP contribution in [-0.2, 0) is 11.0 Å². The summed E-state index contributed by atoms with van der Waals surface area (Å²) in [5.41, 5.74) is -4.65. The van der Waals surface area contributed by atoms with Gasteiger partial charge in [0.2, 0.25) is 5.91 Å². The molecular formula is C23H15Cl3F10N2O2. The highest BCUT2D eigenvalue weighted by molar-refractivity contribution is 6.48. The molecule has 2 rings (SSSR count). The third-order valence-corrected chi connectivity index (χ3v) is 6.28. The number of alkyl halides is 9. The monoisotopic (exact) mass is 646 g/mol. The van der Waals surface area contributed by atoms with Crippen LogP contribution in [0.1, 0.15) is 39.9 Å². The van der Waals surface area contributed by atoms with E-state index in [-0.39, 0.29) is 17.2 Å². The van der Waals surface area contributed by atoms with Crippen LogP contribution in [0.2, 0.25) is 15.1 Å². The highest BCUT2D eigenvalue weighted by Crippen LogP contribution is 2.42. The van der Waals surface area contributed by atoms with E-state index in [2.05, 4.69) is 0 Å². The minimum Gasteiger partial charge on any atom is -0.345 e. The Morgan fingerprint density at radius 3 is 1.95 bits per heavy atom. The zero-order valence-electron chi connectivity index (χ0n) is 19.6. The molecule has 220 valence electrons. The van der Waals surface area contributed by atoms with Gasteiger partial charge in [-0.3, -0.25) is 9.59 Å². The van der Waals surface area contributed by atoms with E-state index >= 15 is 0 Å². The quantitative estimate of drug-likeness (QED) is 0.236.